The summed E-state index contributed by atoms with van der Waals surface area (Å²) in [5.74, 6) is 0.0545. The highest BCUT2D eigenvalue weighted by atomic mass is 79.9. The summed E-state index contributed by atoms with van der Waals surface area (Å²) in [4.78, 5) is 51.2. The first-order valence-electron chi connectivity index (χ1n) is 35.3. The van der Waals surface area contributed by atoms with Crippen molar-refractivity contribution in [1.82, 2.24) is 62.5 Å². The van der Waals surface area contributed by atoms with Crippen LogP contribution in [0.3, 0.4) is 0 Å². The minimum absolute atomic E-state index is 0.0545. The number of ketones is 1. The first-order valence-corrected chi connectivity index (χ1v) is 40.0. The Labute approximate surface area is 718 Å². The van der Waals surface area contributed by atoms with Gasteiger partial charge in [-0.3, -0.25) is 37.0 Å². The molecule has 0 bridgehead atoms. The number of aromatic nitrogens is 13. The number of hydrogen-bond acceptors (Lipinski definition) is 11. The van der Waals surface area contributed by atoms with Gasteiger partial charge in [0.1, 0.15) is 56.2 Å². The number of imidazole rings is 6. The van der Waals surface area contributed by atoms with Gasteiger partial charge in [-0.05, 0) is 213 Å². The molecule has 1 N–H and O–H groups in total. The van der Waals surface area contributed by atoms with Crippen molar-refractivity contribution in [2.75, 3.05) is 0 Å². The molecule has 7 aromatic heterocycles. The summed E-state index contributed by atoms with van der Waals surface area (Å²) in [7, 11) is 0. The topological polar surface area (TPSA) is 192 Å². The van der Waals surface area contributed by atoms with Crippen LogP contribution in [0.15, 0.2) is 336 Å². The largest absolute Gasteiger partial charge is 0.418 e. The Balaban J connectivity index is 0.000000117. The quantitative estimate of drug-likeness (QED) is 0.0593. The van der Waals surface area contributed by atoms with Crippen LogP contribution >= 0.6 is 95.6 Å². The van der Waals surface area contributed by atoms with Crippen LogP contribution in [0.25, 0.3) is 116 Å². The number of carbonyl (C=O) groups is 2. The minimum Gasteiger partial charge on any atom is -0.379 e. The van der Waals surface area contributed by atoms with Gasteiger partial charge in [0, 0.05) is 83.7 Å². The van der Waals surface area contributed by atoms with Crippen LogP contribution in [-0.4, -0.2) is 85.8 Å². The maximum Gasteiger partial charge on any atom is 0.418 e. The van der Waals surface area contributed by atoms with E-state index in [2.05, 4.69) is 152 Å². The van der Waals surface area contributed by atoms with Crippen molar-refractivity contribution in [3.05, 3.63) is 366 Å². The highest BCUT2D eigenvalue weighted by Gasteiger charge is 2.39. The molecular weight excluding hydrogens is 1910 g/mol. The van der Waals surface area contributed by atoms with Gasteiger partial charge in [0.05, 0.1) is 78.3 Å². The molecule has 12 aromatic carbocycles. The lowest BCUT2D eigenvalue weighted by atomic mass is 10.1. The third kappa shape index (κ3) is 19.3. The Morgan fingerprint density at radius 1 is 0.415 bits per heavy atom. The summed E-state index contributed by atoms with van der Waals surface area (Å²) >= 11 is 20.6. The molecule has 18 nitrogen and oxygen atoms in total. The fourth-order valence-electron chi connectivity index (χ4n) is 12.5. The van der Waals surface area contributed by atoms with E-state index in [1.54, 1.807) is 59.5 Å². The first-order chi connectivity index (χ1) is 56.8. The van der Waals surface area contributed by atoms with E-state index in [9.17, 15) is 41.0 Å². The van der Waals surface area contributed by atoms with Gasteiger partial charge in [0.15, 0.2) is 17.6 Å². The Morgan fingerprint density at radius 2 is 0.763 bits per heavy atom. The molecule has 0 amide bonds. The second-order valence-corrected chi connectivity index (χ2v) is 31.5. The Bertz CT molecular complexity index is 6930. The van der Waals surface area contributed by atoms with E-state index < -0.39 is 24.0 Å². The molecule has 0 spiro atoms. The van der Waals surface area contributed by atoms with E-state index in [1.807, 2.05) is 214 Å². The van der Waals surface area contributed by atoms with E-state index in [4.69, 9.17) is 11.1 Å². The zero-order chi connectivity index (χ0) is 82.9. The van der Waals surface area contributed by atoms with Gasteiger partial charge in [-0.25, -0.2) is 34.7 Å². The smallest absolute Gasteiger partial charge is 0.379 e. The summed E-state index contributed by atoms with van der Waals surface area (Å²) in [6.07, 6.45) is 1.05. The highest BCUT2D eigenvalue weighted by Crippen LogP contribution is 2.37. The molecule has 0 fully saturated rings. The van der Waals surface area contributed by atoms with Crippen molar-refractivity contribution in [1.29, 1.82) is 0 Å². The third-order valence-corrected chi connectivity index (χ3v) is 21.2. The molecule has 0 aliphatic heterocycles. The maximum absolute atomic E-state index is 12.7. The predicted molar refractivity (Wildman–Crippen MR) is 466 cm³/mol. The van der Waals surface area contributed by atoms with Crippen LogP contribution in [0.5, 0.6) is 0 Å². The molecule has 19 aromatic rings. The van der Waals surface area contributed by atoms with Crippen LogP contribution < -0.4 is 0 Å². The first kappa shape index (κ1) is 82.4. The molecule has 19 rings (SSSR count). The summed E-state index contributed by atoms with van der Waals surface area (Å²) in [5, 5.41) is 13.3. The van der Waals surface area contributed by atoms with E-state index in [0.717, 1.165) is 135 Å². The fourth-order valence-corrected chi connectivity index (χ4v) is 14.8. The number of alkyl halides is 6. The summed E-state index contributed by atoms with van der Waals surface area (Å²) in [5.41, 5.74) is 18.1. The van der Waals surface area contributed by atoms with Gasteiger partial charge in [0.25, 0.3) is 0 Å². The number of nitrogens with zero attached hydrogens (tertiary/aromatic N) is 14. The zero-order valence-corrected chi connectivity index (χ0v) is 70.5. The molecular formula is C88H56Br6F6N14O4. The number of aliphatic hydroxyl groups is 1. The third-order valence-electron chi connectivity index (χ3n) is 18.2. The van der Waals surface area contributed by atoms with Crippen LogP contribution in [0.2, 0.25) is 0 Å². The van der Waals surface area contributed by atoms with E-state index >= 15 is 0 Å². The lowest BCUT2D eigenvalue weighted by molar-refractivity contribution is -0.206. The lowest BCUT2D eigenvalue weighted by Crippen LogP contribution is -2.20. The molecule has 0 saturated heterocycles. The molecule has 0 saturated carbocycles. The van der Waals surface area contributed by atoms with Crippen LogP contribution in [0, 0.1) is 6.57 Å². The predicted octanol–water partition coefficient (Wildman–Crippen LogP) is 25.6. The van der Waals surface area contributed by atoms with E-state index in [-0.39, 0.29) is 11.3 Å². The van der Waals surface area contributed by atoms with Crippen molar-refractivity contribution in [2.45, 2.75) is 25.4 Å². The summed E-state index contributed by atoms with van der Waals surface area (Å²) < 4.78 is 98.0. The normalized spacial score (nSPS) is 11.5. The summed E-state index contributed by atoms with van der Waals surface area (Å²) in [6.45, 7) is 8.56. The number of carbonyl (C=O) groups excluding carboxylic acids is 2. The van der Waals surface area contributed by atoms with Crippen LogP contribution in [0.1, 0.15) is 44.9 Å². The molecule has 1 unspecified atom stereocenters. The average Bonchev–Trinajstić information content (AvgIpc) is 1.65. The van der Waals surface area contributed by atoms with Crippen molar-refractivity contribution >= 4 is 180 Å². The Kier molecular flexibility index (Phi) is 25.3. The van der Waals surface area contributed by atoms with Crippen molar-refractivity contribution in [3.8, 4) is 45.4 Å². The number of aliphatic hydroxyl groups excluding tert-OH is 1. The zero-order valence-electron chi connectivity index (χ0n) is 61.0. The molecule has 0 radical (unpaired) electrons. The van der Waals surface area contributed by atoms with Crippen molar-refractivity contribution in [3.63, 3.8) is 0 Å². The maximum atomic E-state index is 12.7. The fraction of sp³-hybridized carbons (Fsp3) is 0.0455. The molecule has 0 aliphatic carbocycles. The molecule has 0 aliphatic rings. The second kappa shape index (κ2) is 36.2. The number of hydrogen-bond donors (Lipinski definition) is 1. The molecule has 118 heavy (non-hydrogen) atoms. The number of Topliss-reactive ketones (excluding diaryl/α,β-unsaturated/α-hetero) is 1. The number of benzene rings is 12. The number of rotatable bonds is 10. The number of aldehydes is 1. The molecule has 7 heterocycles. The number of fused-ring (bicyclic) bond motifs is 6. The van der Waals surface area contributed by atoms with E-state index in [1.165, 1.54) is 36.9 Å². The molecule has 30 heteroatoms. The van der Waals surface area contributed by atoms with Gasteiger partial charge in [-0.2, -0.15) is 26.3 Å². The van der Waals surface area contributed by atoms with Gasteiger partial charge in [-0.15, -0.1) is 0 Å². The van der Waals surface area contributed by atoms with Gasteiger partial charge < -0.3 is 9.63 Å². The molecule has 1 atom stereocenters. The SMILES string of the molecule is Brc1cccc(-n2cnc3cc(-c4ccon4)ccc32)c1.CC(=O)c1ccc2c(c1)ncn2-c1cccc(Br)c1.FC(F)(F)c1ccc2c(c1)ncn2-c1cccc(Br)c1.O=Cc1ccc2c(c1)ncn2-c1cccc(Br)c1.OC(c1ccc2c(c1)ncn2-c1cccc(Br)c1)C(F)(F)F.[C-]#[N+]c1ccc2c(c1)ncn2-c1cccc(Br)c1. The highest BCUT2D eigenvalue weighted by molar-refractivity contribution is 9.11. The van der Waals surface area contributed by atoms with Gasteiger partial charge in [0.2, 0.25) is 0 Å². The average molecular weight is 1970 g/mol. The standard InChI is InChI=1S/C16H10BrN3O.C15H10BrF3N2O.C15H11BrN2O.C14H8BrF3N2.C14H8BrN3.C14H9BrN2O/c17-12-2-1-3-13(9-12)20-10-18-15-8-11(4-5-16(15)20)14-6-7-21-19-14;16-10-2-1-3-11(7-10)21-8-20-12-6-9(4-5-13(12)21)14(22)15(17,18)19;1-10(19)11-5-6-15-14(7-11)17-9-18(15)13-4-2-3-12(16)8-13;15-10-2-1-3-11(7-10)20-8-19-12-6-9(14(16,17)18)4-5-13(12)20;1-16-11-5-6-14-13(8-11)17-9-18(14)12-4-2-3-10(15)7-12;15-11-2-1-3-12(7-11)17-9-16-13-6-10(8-18)4-5-14(13)17/h1-10H;1-8,14,22H;2-9H,1H3;1-8H;2-9H;1-9H. The van der Waals surface area contributed by atoms with Gasteiger partial charge in [-0.1, -0.05) is 155 Å². The Morgan fingerprint density at radius 3 is 1.13 bits per heavy atom. The van der Waals surface area contributed by atoms with Crippen molar-refractivity contribution < 1.29 is 45.6 Å². The van der Waals surface area contributed by atoms with Crippen molar-refractivity contribution in [2.24, 2.45) is 0 Å². The van der Waals surface area contributed by atoms with Crippen LogP contribution in [-0.2, 0) is 6.18 Å². The second-order valence-electron chi connectivity index (χ2n) is 26.0. The summed E-state index contributed by atoms with van der Waals surface area (Å²) in [6, 6.07) is 79.3. The monoisotopic (exact) mass is 1960 g/mol. The van der Waals surface area contributed by atoms with E-state index in [0.29, 0.717) is 38.9 Å². The minimum atomic E-state index is -4.69. The molecule has 586 valence electrons. The number of halogens is 12. The Hall–Kier alpha value is -12.1. The van der Waals surface area contributed by atoms with Gasteiger partial charge >= 0.3 is 12.4 Å². The van der Waals surface area contributed by atoms with Crippen LogP contribution in [0.4, 0.5) is 32.0 Å². The lowest BCUT2D eigenvalue weighted by Gasteiger charge is -2.14.